The zero-order valence-electron chi connectivity index (χ0n) is 14.7. The van der Waals surface area contributed by atoms with Crippen LogP contribution in [0.4, 0.5) is 0 Å². The van der Waals surface area contributed by atoms with Crippen molar-refractivity contribution in [1.29, 1.82) is 0 Å². The van der Waals surface area contributed by atoms with Crippen LogP contribution in [0.5, 0.6) is 0 Å². The summed E-state index contributed by atoms with van der Waals surface area (Å²) in [5, 5.41) is 11.7. The van der Waals surface area contributed by atoms with E-state index in [9.17, 15) is 8.42 Å². The summed E-state index contributed by atoms with van der Waals surface area (Å²) in [5.74, 6) is 1.70. The molecule has 0 aromatic carbocycles. The molecule has 0 aliphatic carbocycles. The molecule has 0 amide bonds. The molecule has 25 heavy (non-hydrogen) atoms. The van der Waals surface area contributed by atoms with Gasteiger partial charge in [0.15, 0.2) is 5.82 Å². The van der Waals surface area contributed by atoms with Gasteiger partial charge in [0.2, 0.25) is 10.0 Å². The molecule has 0 saturated carbocycles. The molecule has 0 spiro atoms. The van der Waals surface area contributed by atoms with E-state index in [0.717, 1.165) is 43.4 Å². The van der Waals surface area contributed by atoms with E-state index in [-0.39, 0.29) is 12.0 Å². The fourth-order valence-corrected chi connectivity index (χ4v) is 4.51. The normalized spacial score (nSPS) is 17.4. The number of nitrogens with one attached hydrogen (secondary N) is 1. The van der Waals surface area contributed by atoms with Gasteiger partial charge >= 0.3 is 0 Å². The van der Waals surface area contributed by atoms with E-state index in [2.05, 4.69) is 29.4 Å². The van der Waals surface area contributed by atoms with Crippen LogP contribution in [0.3, 0.4) is 0 Å². The summed E-state index contributed by atoms with van der Waals surface area (Å²) in [4.78, 5) is 6.71. The summed E-state index contributed by atoms with van der Waals surface area (Å²) in [5.41, 5.74) is 0. The summed E-state index contributed by atoms with van der Waals surface area (Å²) in [7, 11) is -3.32. The van der Waals surface area contributed by atoms with Gasteiger partial charge in [-0.1, -0.05) is 13.8 Å². The van der Waals surface area contributed by atoms with Gasteiger partial charge < -0.3 is 4.57 Å². The maximum absolute atomic E-state index is 11.7. The molecule has 1 N–H and O–H groups in total. The van der Waals surface area contributed by atoms with Gasteiger partial charge in [-0.2, -0.15) is 0 Å². The van der Waals surface area contributed by atoms with Crippen LogP contribution in [0.1, 0.15) is 36.5 Å². The fourth-order valence-electron chi connectivity index (χ4n) is 3.02. The van der Waals surface area contributed by atoms with Gasteiger partial charge in [0.1, 0.15) is 10.8 Å². The first-order valence-electron chi connectivity index (χ1n) is 8.33. The first-order valence-corrected chi connectivity index (χ1v) is 11.1. The molecule has 3 rings (SSSR count). The highest BCUT2D eigenvalue weighted by Crippen LogP contribution is 2.23. The highest BCUT2D eigenvalue weighted by molar-refractivity contribution is 7.88. The van der Waals surface area contributed by atoms with Crippen molar-refractivity contribution in [2.45, 2.75) is 39.4 Å². The van der Waals surface area contributed by atoms with Crippen LogP contribution < -0.4 is 4.72 Å². The standard InChI is InChI=1S/C15H24N6O2S2/c1-11(2)14(19-25(3,22)23)15-18-17-12-4-6-20(7-8-21(12)15)10-13-16-5-9-24-13/h5,9,11,14,19H,4,6-8,10H2,1-3H3. The molecule has 0 saturated heterocycles. The monoisotopic (exact) mass is 384 g/mol. The SMILES string of the molecule is CC(C)C(NS(C)(=O)=O)c1nnc2n1CCN(Cc1nccs1)CC2. The van der Waals surface area contributed by atoms with E-state index < -0.39 is 10.0 Å². The smallest absolute Gasteiger partial charge is 0.209 e. The second kappa shape index (κ2) is 7.48. The fraction of sp³-hybridized carbons (Fsp3) is 0.667. The Morgan fingerprint density at radius 1 is 1.28 bits per heavy atom. The van der Waals surface area contributed by atoms with Crippen molar-refractivity contribution < 1.29 is 8.42 Å². The molecule has 0 bridgehead atoms. The molecular weight excluding hydrogens is 360 g/mol. The van der Waals surface area contributed by atoms with Gasteiger partial charge in [-0.25, -0.2) is 18.1 Å². The molecule has 1 aliphatic heterocycles. The van der Waals surface area contributed by atoms with E-state index in [1.165, 1.54) is 6.26 Å². The average molecular weight is 385 g/mol. The Morgan fingerprint density at radius 3 is 2.72 bits per heavy atom. The van der Waals surface area contributed by atoms with E-state index in [4.69, 9.17) is 0 Å². The molecule has 2 aromatic heterocycles. The Labute approximate surface area is 152 Å². The predicted octanol–water partition coefficient (Wildman–Crippen LogP) is 1.04. The summed E-state index contributed by atoms with van der Waals surface area (Å²) in [6.07, 6.45) is 3.80. The van der Waals surface area contributed by atoms with E-state index in [1.807, 2.05) is 25.4 Å². The van der Waals surface area contributed by atoms with Crippen LogP contribution in [0.15, 0.2) is 11.6 Å². The van der Waals surface area contributed by atoms with Crippen molar-refractivity contribution in [3.05, 3.63) is 28.2 Å². The third-order valence-electron chi connectivity index (χ3n) is 4.28. The number of aromatic nitrogens is 4. The lowest BCUT2D eigenvalue weighted by atomic mass is 10.1. The second-order valence-corrected chi connectivity index (χ2v) is 9.45. The van der Waals surface area contributed by atoms with Crippen molar-refractivity contribution in [2.24, 2.45) is 5.92 Å². The van der Waals surface area contributed by atoms with Gasteiger partial charge in [0.25, 0.3) is 0 Å². The third kappa shape index (κ3) is 4.63. The maximum Gasteiger partial charge on any atom is 0.209 e. The number of rotatable bonds is 6. The lowest BCUT2D eigenvalue weighted by Gasteiger charge is -2.22. The van der Waals surface area contributed by atoms with Crippen LogP contribution in [-0.2, 0) is 29.5 Å². The molecule has 0 radical (unpaired) electrons. The number of hydrogen-bond donors (Lipinski definition) is 1. The predicted molar refractivity (Wildman–Crippen MR) is 96.7 cm³/mol. The van der Waals surface area contributed by atoms with E-state index in [1.54, 1.807) is 11.3 Å². The van der Waals surface area contributed by atoms with E-state index in [0.29, 0.717) is 5.82 Å². The molecule has 138 valence electrons. The topological polar surface area (TPSA) is 93.0 Å². The Bertz CT molecular complexity index is 800. The molecule has 10 heteroatoms. The summed E-state index contributed by atoms with van der Waals surface area (Å²) in [6, 6.07) is -0.373. The van der Waals surface area contributed by atoms with Gasteiger partial charge in [-0.3, -0.25) is 4.90 Å². The first-order chi connectivity index (χ1) is 11.8. The highest BCUT2D eigenvalue weighted by atomic mass is 32.2. The minimum atomic E-state index is -3.32. The van der Waals surface area contributed by atoms with Crippen molar-refractivity contribution >= 4 is 21.4 Å². The lowest BCUT2D eigenvalue weighted by molar-refractivity contribution is 0.268. The van der Waals surface area contributed by atoms with Crippen LogP contribution in [-0.4, -0.2) is 52.4 Å². The molecule has 8 nitrogen and oxygen atoms in total. The molecule has 1 atom stereocenters. The zero-order chi connectivity index (χ0) is 18.0. The van der Waals surface area contributed by atoms with Crippen LogP contribution >= 0.6 is 11.3 Å². The second-order valence-electron chi connectivity index (χ2n) is 6.69. The Kier molecular flexibility index (Phi) is 5.52. The highest BCUT2D eigenvalue weighted by Gasteiger charge is 2.28. The van der Waals surface area contributed by atoms with Gasteiger partial charge in [0, 0.05) is 37.6 Å². The van der Waals surface area contributed by atoms with Crippen LogP contribution in [0.2, 0.25) is 0 Å². The minimum Gasteiger partial charge on any atom is -0.312 e. The summed E-state index contributed by atoms with van der Waals surface area (Å²) < 4.78 is 28.2. The van der Waals surface area contributed by atoms with Crippen LogP contribution in [0.25, 0.3) is 0 Å². The third-order valence-corrected chi connectivity index (χ3v) is 5.72. The van der Waals surface area contributed by atoms with Crippen molar-refractivity contribution in [3.63, 3.8) is 0 Å². The molecule has 3 heterocycles. The van der Waals surface area contributed by atoms with Crippen LogP contribution in [0, 0.1) is 5.92 Å². The van der Waals surface area contributed by atoms with Crippen molar-refractivity contribution in [2.75, 3.05) is 19.3 Å². The van der Waals surface area contributed by atoms with Gasteiger partial charge in [-0.15, -0.1) is 21.5 Å². The zero-order valence-corrected chi connectivity index (χ0v) is 16.3. The largest absolute Gasteiger partial charge is 0.312 e. The molecule has 0 fully saturated rings. The molecular formula is C15H24N6O2S2. The van der Waals surface area contributed by atoms with E-state index >= 15 is 0 Å². The quantitative estimate of drug-likeness (QED) is 0.800. The number of thiazole rings is 1. The van der Waals surface area contributed by atoms with Crippen molar-refractivity contribution in [1.82, 2.24) is 29.4 Å². The number of fused-ring (bicyclic) bond motifs is 1. The Balaban J connectivity index is 1.77. The Morgan fingerprint density at radius 2 is 2.08 bits per heavy atom. The molecule has 2 aromatic rings. The van der Waals surface area contributed by atoms with Crippen molar-refractivity contribution in [3.8, 4) is 0 Å². The maximum atomic E-state index is 11.7. The molecule has 1 unspecified atom stereocenters. The first kappa shape index (κ1) is 18.4. The summed E-state index contributed by atoms with van der Waals surface area (Å²) >= 11 is 1.66. The van der Waals surface area contributed by atoms with Gasteiger partial charge in [0.05, 0.1) is 18.8 Å². The summed E-state index contributed by atoms with van der Waals surface area (Å²) in [6.45, 7) is 7.30. The number of sulfonamides is 1. The number of nitrogens with zero attached hydrogens (tertiary/aromatic N) is 5. The lowest BCUT2D eigenvalue weighted by Crippen LogP contribution is -2.33. The number of hydrogen-bond acceptors (Lipinski definition) is 7. The minimum absolute atomic E-state index is 0.0812. The van der Waals surface area contributed by atoms with Gasteiger partial charge in [-0.05, 0) is 5.92 Å². The Hall–Kier alpha value is -1.36. The molecule has 1 aliphatic rings. The average Bonchev–Trinajstić information content (AvgIpc) is 3.12.